The zero-order chi connectivity index (χ0) is 16.3. The van der Waals surface area contributed by atoms with E-state index in [9.17, 15) is 4.79 Å². The van der Waals surface area contributed by atoms with Crippen molar-refractivity contribution in [1.29, 1.82) is 0 Å². The maximum absolute atomic E-state index is 11.1. The summed E-state index contributed by atoms with van der Waals surface area (Å²) in [5.41, 5.74) is 0.965. The van der Waals surface area contributed by atoms with Crippen molar-refractivity contribution in [3.63, 3.8) is 0 Å². The SMILES string of the molecule is CCC(C)(C)C(=O)OCCO.CCC(C)c1ccncc1. The molecule has 1 aromatic heterocycles. The Morgan fingerprint density at radius 1 is 1.33 bits per heavy atom. The fraction of sp³-hybridized carbons (Fsp3) is 0.647. The molecule has 1 heterocycles. The topological polar surface area (TPSA) is 59.4 Å². The van der Waals surface area contributed by atoms with Gasteiger partial charge in [0, 0.05) is 12.4 Å². The van der Waals surface area contributed by atoms with Crippen LogP contribution < -0.4 is 0 Å². The van der Waals surface area contributed by atoms with Crippen molar-refractivity contribution in [3.05, 3.63) is 30.1 Å². The average Bonchev–Trinajstić information content (AvgIpc) is 2.53. The van der Waals surface area contributed by atoms with Gasteiger partial charge < -0.3 is 9.84 Å². The van der Waals surface area contributed by atoms with E-state index in [2.05, 4.69) is 31.0 Å². The summed E-state index contributed by atoms with van der Waals surface area (Å²) in [5.74, 6) is 0.428. The molecule has 0 aliphatic rings. The third kappa shape index (κ3) is 7.81. The molecule has 0 fully saturated rings. The molecule has 1 unspecified atom stereocenters. The van der Waals surface area contributed by atoms with Crippen LogP contribution in [0.4, 0.5) is 0 Å². The Labute approximate surface area is 128 Å². The van der Waals surface area contributed by atoms with E-state index in [4.69, 9.17) is 9.84 Å². The van der Waals surface area contributed by atoms with Crippen LogP contribution in [0.3, 0.4) is 0 Å². The van der Waals surface area contributed by atoms with Gasteiger partial charge in [0.05, 0.1) is 12.0 Å². The van der Waals surface area contributed by atoms with Crippen LogP contribution in [0.2, 0.25) is 0 Å². The maximum Gasteiger partial charge on any atom is 0.311 e. The van der Waals surface area contributed by atoms with E-state index in [0.717, 1.165) is 6.42 Å². The molecule has 0 aliphatic carbocycles. The lowest BCUT2D eigenvalue weighted by Gasteiger charge is -2.19. The zero-order valence-corrected chi connectivity index (χ0v) is 13.9. The summed E-state index contributed by atoms with van der Waals surface area (Å²) >= 11 is 0. The zero-order valence-electron chi connectivity index (χ0n) is 13.9. The highest BCUT2D eigenvalue weighted by molar-refractivity contribution is 5.75. The summed E-state index contributed by atoms with van der Waals surface area (Å²) in [6.07, 6.45) is 5.64. The number of rotatable bonds is 6. The van der Waals surface area contributed by atoms with Crippen LogP contribution >= 0.6 is 0 Å². The van der Waals surface area contributed by atoms with Crippen LogP contribution in [0, 0.1) is 5.41 Å². The highest BCUT2D eigenvalue weighted by Gasteiger charge is 2.26. The van der Waals surface area contributed by atoms with Crippen LogP contribution in [0.15, 0.2) is 24.5 Å². The second-order valence-electron chi connectivity index (χ2n) is 5.69. The van der Waals surface area contributed by atoms with E-state index in [0.29, 0.717) is 5.92 Å². The van der Waals surface area contributed by atoms with Gasteiger partial charge in [-0.3, -0.25) is 9.78 Å². The van der Waals surface area contributed by atoms with Crippen LogP contribution in [-0.4, -0.2) is 29.3 Å². The average molecular weight is 295 g/mol. The van der Waals surface area contributed by atoms with Gasteiger partial charge in [-0.1, -0.05) is 20.8 Å². The van der Waals surface area contributed by atoms with Crippen LogP contribution in [0.25, 0.3) is 0 Å². The number of aromatic nitrogens is 1. The van der Waals surface area contributed by atoms with Crippen LogP contribution in [0.1, 0.15) is 58.9 Å². The van der Waals surface area contributed by atoms with Crippen molar-refractivity contribution in [3.8, 4) is 0 Å². The lowest BCUT2D eigenvalue weighted by atomic mass is 9.91. The Kier molecular flexibility index (Phi) is 9.63. The molecule has 120 valence electrons. The first kappa shape index (κ1) is 19.6. The highest BCUT2D eigenvalue weighted by Crippen LogP contribution is 2.21. The quantitative estimate of drug-likeness (QED) is 0.815. The monoisotopic (exact) mass is 295 g/mol. The third-order valence-electron chi connectivity index (χ3n) is 3.65. The Balaban J connectivity index is 0.000000382. The molecule has 0 radical (unpaired) electrons. The number of nitrogens with zero attached hydrogens (tertiary/aromatic N) is 1. The first-order valence-electron chi connectivity index (χ1n) is 7.57. The number of carbonyl (C=O) groups excluding carboxylic acids is 1. The van der Waals surface area contributed by atoms with E-state index in [1.54, 1.807) is 0 Å². The van der Waals surface area contributed by atoms with Crippen molar-refractivity contribution in [2.45, 2.75) is 53.4 Å². The van der Waals surface area contributed by atoms with Gasteiger partial charge in [0.2, 0.25) is 0 Å². The van der Waals surface area contributed by atoms with Crippen molar-refractivity contribution in [2.24, 2.45) is 5.41 Å². The normalized spacial score (nSPS) is 12.1. The number of hydrogen-bond acceptors (Lipinski definition) is 4. The Hall–Kier alpha value is -1.42. The number of ether oxygens (including phenoxy) is 1. The number of esters is 1. The molecule has 0 aromatic carbocycles. The summed E-state index contributed by atoms with van der Waals surface area (Å²) in [5, 5.41) is 8.38. The Bertz CT molecular complexity index is 390. The number of hydrogen-bond donors (Lipinski definition) is 1. The highest BCUT2D eigenvalue weighted by atomic mass is 16.5. The molecule has 1 atom stereocenters. The largest absolute Gasteiger partial charge is 0.463 e. The van der Waals surface area contributed by atoms with E-state index in [1.807, 2.05) is 33.2 Å². The fourth-order valence-electron chi connectivity index (χ4n) is 1.41. The van der Waals surface area contributed by atoms with Gasteiger partial charge in [0.25, 0.3) is 0 Å². The molecule has 0 saturated heterocycles. The summed E-state index contributed by atoms with van der Waals surface area (Å²) in [7, 11) is 0. The lowest BCUT2D eigenvalue weighted by molar-refractivity contribution is -0.155. The van der Waals surface area contributed by atoms with Crippen LogP contribution in [-0.2, 0) is 9.53 Å². The molecule has 0 aliphatic heterocycles. The lowest BCUT2D eigenvalue weighted by Crippen LogP contribution is -2.26. The second-order valence-corrected chi connectivity index (χ2v) is 5.69. The smallest absolute Gasteiger partial charge is 0.311 e. The number of carbonyl (C=O) groups is 1. The van der Waals surface area contributed by atoms with Crippen molar-refractivity contribution < 1.29 is 14.6 Å². The molecule has 0 bridgehead atoms. The van der Waals surface area contributed by atoms with E-state index in [-0.39, 0.29) is 19.2 Å². The summed E-state index contributed by atoms with van der Waals surface area (Å²) in [6, 6.07) is 4.16. The van der Waals surface area contributed by atoms with E-state index in [1.165, 1.54) is 12.0 Å². The molecule has 1 aromatic rings. The van der Waals surface area contributed by atoms with Crippen molar-refractivity contribution in [2.75, 3.05) is 13.2 Å². The van der Waals surface area contributed by atoms with Gasteiger partial charge in [0.1, 0.15) is 6.61 Å². The number of aliphatic hydroxyl groups is 1. The molecule has 4 heteroatoms. The predicted octanol–water partition coefficient (Wildman–Crippen LogP) is 3.55. The first-order chi connectivity index (χ1) is 9.88. The third-order valence-corrected chi connectivity index (χ3v) is 3.65. The number of aliphatic hydroxyl groups excluding tert-OH is 1. The summed E-state index contributed by atoms with van der Waals surface area (Å²) in [6.45, 7) is 10.0. The van der Waals surface area contributed by atoms with Gasteiger partial charge in [-0.2, -0.15) is 0 Å². The number of pyridine rings is 1. The fourth-order valence-corrected chi connectivity index (χ4v) is 1.41. The minimum absolute atomic E-state index is 0.0995. The molecule has 21 heavy (non-hydrogen) atoms. The van der Waals surface area contributed by atoms with Crippen LogP contribution in [0.5, 0.6) is 0 Å². The minimum atomic E-state index is -0.421. The second kappa shape index (κ2) is 10.3. The van der Waals surface area contributed by atoms with Gasteiger partial charge in [-0.25, -0.2) is 0 Å². The Morgan fingerprint density at radius 3 is 2.33 bits per heavy atom. The molecule has 0 amide bonds. The predicted molar refractivity (Wildman–Crippen MR) is 85.1 cm³/mol. The minimum Gasteiger partial charge on any atom is -0.463 e. The molecule has 1 N–H and O–H groups in total. The molecular weight excluding hydrogens is 266 g/mol. The standard InChI is InChI=1S/C9H13N.C8H16O3/c1-3-8(2)9-4-6-10-7-5-9;1-4-8(2,3)7(10)11-6-5-9/h4-8H,3H2,1-2H3;9H,4-6H2,1-3H3. The van der Waals surface area contributed by atoms with Gasteiger partial charge in [0.15, 0.2) is 0 Å². The van der Waals surface area contributed by atoms with Gasteiger partial charge in [-0.15, -0.1) is 0 Å². The molecule has 0 saturated carbocycles. The molecule has 4 nitrogen and oxygen atoms in total. The van der Waals surface area contributed by atoms with E-state index < -0.39 is 5.41 Å². The van der Waals surface area contributed by atoms with E-state index >= 15 is 0 Å². The van der Waals surface area contributed by atoms with Crippen molar-refractivity contribution in [1.82, 2.24) is 4.98 Å². The van der Waals surface area contributed by atoms with Crippen molar-refractivity contribution >= 4 is 5.97 Å². The first-order valence-corrected chi connectivity index (χ1v) is 7.57. The Morgan fingerprint density at radius 2 is 1.90 bits per heavy atom. The summed E-state index contributed by atoms with van der Waals surface area (Å²) < 4.78 is 4.76. The summed E-state index contributed by atoms with van der Waals surface area (Å²) in [4.78, 5) is 15.1. The molecule has 1 rings (SSSR count). The molecule has 0 spiro atoms. The van der Waals surface area contributed by atoms with Gasteiger partial charge >= 0.3 is 5.97 Å². The van der Waals surface area contributed by atoms with Gasteiger partial charge in [-0.05, 0) is 50.3 Å². The maximum atomic E-state index is 11.1. The molecular formula is C17H29NO3.